The van der Waals surface area contributed by atoms with Crippen LogP contribution in [0.15, 0.2) is 24.3 Å². The first-order chi connectivity index (χ1) is 9.61. The van der Waals surface area contributed by atoms with Gasteiger partial charge >= 0.3 is 0 Å². The minimum absolute atomic E-state index is 0.249. The van der Waals surface area contributed by atoms with Gasteiger partial charge in [-0.25, -0.2) is 0 Å². The number of benzene rings is 1. The summed E-state index contributed by atoms with van der Waals surface area (Å²) in [7, 11) is 0. The van der Waals surface area contributed by atoms with Gasteiger partial charge in [-0.05, 0) is 18.9 Å². The van der Waals surface area contributed by atoms with Crippen LogP contribution in [-0.2, 0) is 6.42 Å². The molecule has 1 aromatic carbocycles. The van der Waals surface area contributed by atoms with E-state index in [1.165, 1.54) is 5.56 Å². The number of ketones is 1. The first-order valence-electron chi connectivity index (χ1n) is 7.59. The van der Waals surface area contributed by atoms with Gasteiger partial charge in [0.1, 0.15) is 0 Å². The predicted octanol–water partition coefficient (Wildman–Crippen LogP) is 3.65. The first-order valence-corrected chi connectivity index (χ1v) is 8.64. The fourth-order valence-corrected chi connectivity index (χ4v) is 3.80. The van der Waals surface area contributed by atoms with Gasteiger partial charge in [0.05, 0.1) is 6.54 Å². The molecule has 1 aliphatic rings. The molecule has 1 aliphatic heterocycles. The number of hydrogen-bond acceptors (Lipinski definition) is 3. The second-order valence-electron chi connectivity index (χ2n) is 5.66. The molecule has 2 nitrogen and oxygen atoms in total. The van der Waals surface area contributed by atoms with E-state index < -0.39 is 0 Å². The Hall–Kier alpha value is -0.800. The van der Waals surface area contributed by atoms with Gasteiger partial charge < -0.3 is 0 Å². The highest BCUT2D eigenvalue weighted by atomic mass is 32.2. The topological polar surface area (TPSA) is 20.3 Å². The lowest BCUT2D eigenvalue weighted by Gasteiger charge is -2.36. The van der Waals surface area contributed by atoms with Crippen molar-refractivity contribution in [2.75, 3.05) is 18.8 Å². The summed E-state index contributed by atoms with van der Waals surface area (Å²) in [6.07, 6.45) is 2.24. The summed E-state index contributed by atoms with van der Waals surface area (Å²) in [6, 6.07) is 8.64. The maximum Gasteiger partial charge on any atom is 0.176 e. The van der Waals surface area contributed by atoms with E-state index in [0.29, 0.717) is 17.8 Å². The molecule has 2 unspecified atom stereocenters. The summed E-state index contributed by atoms with van der Waals surface area (Å²) in [5, 5.41) is 0.614. The lowest BCUT2D eigenvalue weighted by atomic mass is 10.0. The molecule has 1 heterocycles. The molecule has 0 N–H and O–H groups in total. The zero-order valence-corrected chi connectivity index (χ0v) is 13.6. The van der Waals surface area contributed by atoms with Crippen LogP contribution in [0.4, 0.5) is 0 Å². The Bertz CT molecular complexity index is 443. The van der Waals surface area contributed by atoms with Crippen molar-refractivity contribution in [2.45, 2.75) is 44.9 Å². The number of carbonyl (C=O) groups is 1. The molecule has 20 heavy (non-hydrogen) atoms. The van der Waals surface area contributed by atoms with Crippen LogP contribution in [0, 0.1) is 0 Å². The molecular weight excluding hydrogens is 266 g/mol. The maximum atomic E-state index is 12.4. The Morgan fingerprint density at radius 3 is 2.65 bits per heavy atom. The number of carbonyl (C=O) groups excluding carboxylic acids is 1. The SMILES string of the molecule is CCCc1ccc(C(=O)CN2CCSC(C)C2C)cc1. The summed E-state index contributed by atoms with van der Waals surface area (Å²) in [4.78, 5) is 14.7. The molecule has 0 aromatic heterocycles. The van der Waals surface area contributed by atoms with Crippen molar-refractivity contribution in [2.24, 2.45) is 0 Å². The molecular formula is C17H25NOS. The smallest absolute Gasteiger partial charge is 0.176 e. The van der Waals surface area contributed by atoms with Gasteiger partial charge in [0.15, 0.2) is 5.78 Å². The number of nitrogens with zero attached hydrogens (tertiary/aromatic N) is 1. The van der Waals surface area contributed by atoms with E-state index in [9.17, 15) is 4.79 Å². The minimum Gasteiger partial charge on any atom is -0.293 e. The number of hydrogen-bond donors (Lipinski definition) is 0. The normalized spacial score (nSPS) is 23.8. The van der Waals surface area contributed by atoms with Crippen LogP contribution < -0.4 is 0 Å². The zero-order valence-electron chi connectivity index (χ0n) is 12.8. The summed E-state index contributed by atoms with van der Waals surface area (Å²) < 4.78 is 0. The Labute approximate surface area is 126 Å². The molecule has 0 amide bonds. The van der Waals surface area contributed by atoms with Gasteiger partial charge in [0, 0.05) is 29.2 Å². The molecule has 2 atom stereocenters. The van der Waals surface area contributed by atoms with Gasteiger partial charge in [-0.3, -0.25) is 9.69 Å². The van der Waals surface area contributed by atoms with Gasteiger partial charge in [-0.1, -0.05) is 44.5 Å². The molecule has 1 aromatic rings. The standard InChI is InChI=1S/C17H25NOS/c1-4-5-15-6-8-16(9-7-15)17(19)12-18-10-11-20-14(3)13(18)2/h6-9,13-14H,4-5,10-12H2,1-3H3. The van der Waals surface area contributed by atoms with Gasteiger partial charge in [0.2, 0.25) is 0 Å². The van der Waals surface area contributed by atoms with Crippen molar-refractivity contribution in [1.29, 1.82) is 0 Å². The van der Waals surface area contributed by atoms with Crippen molar-refractivity contribution < 1.29 is 4.79 Å². The van der Waals surface area contributed by atoms with Crippen LogP contribution in [-0.4, -0.2) is 40.8 Å². The lowest BCUT2D eigenvalue weighted by Crippen LogP contribution is -2.46. The molecule has 3 heteroatoms. The van der Waals surface area contributed by atoms with E-state index in [1.807, 2.05) is 23.9 Å². The highest BCUT2D eigenvalue weighted by Crippen LogP contribution is 2.24. The monoisotopic (exact) mass is 291 g/mol. The number of rotatable bonds is 5. The Balaban J connectivity index is 1.97. The summed E-state index contributed by atoms with van der Waals surface area (Å²) in [6.45, 7) is 8.24. The Morgan fingerprint density at radius 2 is 2.00 bits per heavy atom. The number of thioether (sulfide) groups is 1. The Kier molecular flexibility index (Phi) is 5.67. The molecule has 0 bridgehead atoms. The quantitative estimate of drug-likeness (QED) is 0.772. The van der Waals surface area contributed by atoms with E-state index in [2.05, 4.69) is 37.8 Å². The number of aryl methyl sites for hydroxylation is 1. The fraction of sp³-hybridized carbons (Fsp3) is 0.588. The van der Waals surface area contributed by atoms with Crippen LogP contribution in [0.25, 0.3) is 0 Å². The van der Waals surface area contributed by atoms with Crippen molar-refractivity contribution >= 4 is 17.5 Å². The van der Waals surface area contributed by atoms with Gasteiger partial charge in [0.25, 0.3) is 0 Å². The van der Waals surface area contributed by atoms with Crippen LogP contribution in [0.5, 0.6) is 0 Å². The van der Waals surface area contributed by atoms with Crippen molar-refractivity contribution in [3.63, 3.8) is 0 Å². The highest BCUT2D eigenvalue weighted by molar-refractivity contribution is 8.00. The second-order valence-corrected chi connectivity index (χ2v) is 7.14. The molecule has 0 saturated carbocycles. The summed E-state index contributed by atoms with van der Waals surface area (Å²) >= 11 is 2.01. The largest absolute Gasteiger partial charge is 0.293 e. The third-order valence-corrected chi connectivity index (χ3v) is 5.51. The van der Waals surface area contributed by atoms with Crippen molar-refractivity contribution in [1.82, 2.24) is 4.90 Å². The summed E-state index contributed by atoms with van der Waals surface area (Å²) in [5.74, 6) is 1.38. The minimum atomic E-state index is 0.249. The first kappa shape index (κ1) is 15.6. The third kappa shape index (κ3) is 3.86. The highest BCUT2D eigenvalue weighted by Gasteiger charge is 2.26. The second kappa shape index (κ2) is 7.28. The van der Waals surface area contributed by atoms with Crippen LogP contribution >= 0.6 is 11.8 Å². The van der Waals surface area contributed by atoms with Gasteiger partial charge in [-0.15, -0.1) is 0 Å². The van der Waals surface area contributed by atoms with E-state index in [-0.39, 0.29) is 5.78 Å². The van der Waals surface area contributed by atoms with Gasteiger partial charge in [-0.2, -0.15) is 11.8 Å². The van der Waals surface area contributed by atoms with E-state index >= 15 is 0 Å². The summed E-state index contributed by atoms with van der Waals surface area (Å²) in [5.41, 5.74) is 2.17. The average Bonchev–Trinajstić information content (AvgIpc) is 2.45. The molecule has 0 aliphatic carbocycles. The molecule has 2 rings (SSSR count). The van der Waals surface area contributed by atoms with Crippen LogP contribution in [0.1, 0.15) is 43.1 Å². The van der Waals surface area contributed by atoms with E-state index in [1.54, 1.807) is 0 Å². The molecule has 1 saturated heterocycles. The lowest BCUT2D eigenvalue weighted by molar-refractivity contribution is 0.0902. The number of Topliss-reactive ketones (excluding diaryl/α,β-unsaturated/α-hetero) is 1. The molecule has 110 valence electrons. The third-order valence-electron chi connectivity index (χ3n) is 4.18. The predicted molar refractivity (Wildman–Crippen MR) is 87.7 cm³/mol. The maximum absolute atomic E-state index is 12.4. The Morgan fingerprint density at radius 1 is 1.30 bits per heavy atom. The van der Waals surface area contributed by atoms with Crippen molar-refractivity contribution in [3.8, 4) is 0 Å². The van der Waals surface area contributed by atoms with Crippen LogP contribution in [0.3, 0.4) is 0 Å². The zero-order chi connectivity index (χ0) is 14.5. The fourth-order valence-electron chi connectivity index (χ4n) is 2.64. The molecule has 0 spiro atoms. The van der Waals surface area contributed by atoms with E-state index in [0.717, 1.165) is 30.7 Å². The van der Waals surface area contributed by atoms with Crippen LogP contribution in [0.2, 0.25) is 0 Å². The molecule has 0 radical (unpaired) electrons. The molecule has 1 fully saturated rings. The average molecular weight is 291 g/mol. The van der Waals surface area contributed by atoms with Crippen molar-refractivity contribution in [3.05, 3.63) is 35.4 Å². The van der Waals surface area contributed by atoms with E-state index in [4.69, 9.17) is 0 Å².